The normalized spacial score (nSPS) is 25.6. The molecule has 3 aliphatic heterocycles. The van der Waals surface area contributed by atoms with Gasteiger partial charge in [-0.25, -0.2) is 14.4 Å². The molecule has 44 heavy (non-hydrogen) atoms. The number of hydrogen-bond donors (Lipinski definition) is 0. The summed E-state index contributed by atoms with van der Waals surface area (Å²) in [5.41, 5.74) is -2.22. The molecule has 0 aromatic carbocycles. The van der Waals surface area contributed by atoms with Crippen molar-refractivity contribution in [2.75, 3.05) is 26.2 Å². The molecular weight excluding hydrogens is 570 g/mol. The zero-order chi connectivity index (χ0) is 33.2. The van der Waals surface area contributed by atoms with E-state index in [4.69, 9.17) is 14.2 Å². The van der Waals surface area contributed by atoms with Gasteiger partial charge in [-0.05, 0) is 81.1 Å². The number of nitrogens with zero attached hydrogens (tertiary/aromatic N) is 3. The van der Waals surface area contributed by atoms with Crippen LogP contribution in [0.2, 0.25) is 0 Å². The summed E-state index contributed by atoms with van der Waals surface area (Å²) in [5.74, 6) is -1.00. The van der Waals surface area contributed by atoms with Gasteiger partial charge in [0.2, 0.25) is 0 Å². The summed E-state index contributed by atoms with van der Waals surface area (Å²) < 4.78 is 16.8. The predicted octanol–water partition coefficient (Wildman–Crippen LogP) is 4.76. The molecule has 3 fully saturated rings. The van der Waals surface area contributed by atoms with Crippen molar-refractivity contribution in [3.8, 4) is 0 Å². The standard InChI is InChI=1S/C32H51N3O9/c1-30(2,3)42-27(39)33-17-20(13-25(37)19-33)12-21-18-35(29(41)44-32(7,8)9)23(16-26(21)38)14-22-15-24(36)10-11-34(22)28(40)43-31(4,5)6/h20-23H,10-19H2,1-9H3/t20?,21-,22+,23?/m0/s1. The second kappa shape index (κ2) is 13.4. The van der Waals surface area contributed by atoms with Gasteiger partial charge >= 0.3 is 18.3 Å². The lowest BCUT2D eigenvalue weighted by Gasteiger charge is -2.44. The Morgan fingerprint density at radius 1 is 0.659 bits per heavy atom. The Bertz CT molecular complexity index is 1130. The van der Waals surface area contributed by atoms with Crippen LogP contribution in [0, 0.1) is 11.8 Å². The molecule has 12 nitrogen and oxygen atoms in total. The average molecular weight is 622 g/mol. The van der Waals surface area contributed by atoms with Crippen molar-refractivity contribution in [3.63, 3.8) is 0 Å². The molecule has 3 heterocycles. The molecule has 3 amide bonds. The molecule has 0 saturated carbocycles. The first-order valence-corrected chi connectivity index (χ1v) is 15.6. The molecule has 3 aliphatic rings. The van der Waals surface area contributed by atoms with Crippen molar-refractivity contribution in [1.29, 1.82) is 0 Å². The lowest BCUT2D eigenvalue weighted by molar-refractivity contribution is -0.131. The van der Waals surface area contributed by atoms with Crippen molar-refractivity contribution in [1.82, 2.24) is 14.7 Å². The molecule has 248 valence electrons. The highest BCUT2D eigenvalue weighted by molar-refractivity contribution is 5.87. The van der Waals surface area contributed by atoms with E-state index in [0.717, 1.165) is 0 Å². The van der Waals surface area contributed by atoms with Crippen molar-refractivity contribution < 1.29 is 43.0 Å². The van der Waals surface area contributed by atoms with E-state index < -0.39 is 53.1 Å². The summed E-state index contributed by atoms with van der Waals surface area (Å²) in [6, 6.07) is -1.13. The third kappa shape index (κ3) is 10.5. The van der Waals surface area contributed by atoms with Gasteiger partial charge in [-0.2, -0.15) is 0 Å². The predicted molar refractivity (Wildman–Crippen MR) is 161 cm³/mol. The number of likely N-dealkylation sites (tertiary alicyclic amines) is 3. The van der Waals surface area contributed by atoms with Gasteiger partial charge in [0.25, 0.3) is 0 Å². The second-order valence-corrected chi connectivity index (χ2v) is 15.4. The first kappa shape index (κ1) is 35.3. The van der Waals surface area contributed by atoms with E-state index in [1.54, 1.807) is 67.2 Å². The number of ketones is 3. The minimum Gasteiger partial charge on any atom is -0.444 e. The van der Waals surface area contributed by atoms with E-state index in [1.807, 2.05) is 0 Å². The molecule has 0 bridgehead atoms. The van der Waals surface area contributed by atoms with E-state index in [9.17, 15) is 28.8 Å². The Hall–Kier alpha value is -3.18. The molecular formula is C32H51N3O9. The van der Waals surface area contributed by atoms with Gasteiger partial charge in [-0.3, -0.25) is 14.4 Å². The number of piperidine rings is 3. The van der Waals surface area contributed by atoms with Crippen LogP contribution in [-0.4, -0.2) is 105 Å². The first-order valence-electron chi connectivity index (χ1n) is 15.6. The minimum absolute atomic E-state index is 0.00939. The van der Waals surface area contributed by atoms with Crippen molar-refractivity contribution in [3.05, 3.63) is 0 Å². The smallest absolute Gasteiger partial charge is 0.410 e. The molecule has 2 unspecified atom stereocenters. The van der Waals surface area contributed by atoms with Gasteiger partial charge in [0.15, 0.2) is 5.78 Å². The maximum atomic E-state index is 13.6. The maximum Gasteiger partial charge on any atom is 0.410 e. The summed E-state index contributed by atoms with van der Waals surface area (Å²) in [7, 11) is 0. The van der Waals surface area contributed by atoms with Crippen molar-refractivity contribution in [2.24, 2.45) is 11.8 Å². The molecule has 0 aliphatic carbocycles. The summed E-state index contributed by atoms with van der Waals surface area (Å²) in [6.07, 6.45) is -0.563. The Labute approximate surface area is 261 Å². The summed E-state index contributed by atoms with van der Waals surface area (Å²) in [4.78, 5) is 82.4. The third-order valence-corrected chi connectivity index (χ3v) is 7.72. The Balaban J connectivity index is 1.79. The second-order valence-electron chi connectivity index (χ2n) is 15.4. The van der Waals surface area contributed by atoms with E-state index in [-0.39, 0.29) is 81.6 Å². The van der Waals surface area contributed by atoms with Crippen LogP contribution in [-0.2, 0) is 28.6 Å². The lowest BCUT2D eigenvalue weighted by Crippen LogP contribution is -2.56. The largest absolute Gasteiger partial charge is 0.444 e. The van der Waals surface area contributed by atoms with Gasteiger partial charge in [0.1, 0.15) is 28.4 Å². The first-order chi connectivity index (χ1) is 20.1. The Morgan fingerprint density at radius 3 is 1.75 bits per heavy atom. The molecule has 12 heteroatoms. The van der Waals surface area contributed by atoms with Crippen molar-refractivity contribution in [2.45, 2.75) is 130 Å². The number of carbonyl (C=O) groups is 6. The zero-order valence-electron chi connectivity index (χ0n) is 27.9. The number of amides is 3. The Kier molecular flexibility index (Phi) is 10.8. The van der Waals surface area contributed by atoms with Crippen molar-refractivity contribution >= 4 is 35.6 Å². The van der Waals surface area contributed by atoms with Crippen LogP contribution in [0.4, 0.5) is 14.4 Å². The topological polar surface area (TPSA) is 140 Å². The molecule has 0 radical (unpaired) electrons. The molecule has 0 N–H and O–H groups in total. The molecule has 3 rings (SSSR count). The highest BCUT2D eigenvalue weighted by atomic mass is 16.6. The van der Waals surface area contributed by atoms with E-state index in [2.05, 4.69) is 0 Å². The third-order valence-electron chi connectivity index (χ3n) is 7.72. The van der Waals surface area contributed by atoms with Crippen LogP contribution in [0.1, 0.15) is 101 Å². The Morgan fingerprint density at radius 2 is 1.18 bits per heavy atom. The number of carbonyl (C=O) groups excluding carboxylic acids is 6. The minimum atomic E-state index is -0.786. The van der Waals surface area contributed by atoms with Crippen LogP contribution >= 0.6 is 0 Å². The summed E-state index contributed by atoms with van der Waals surface area (Å²) >= 11 is 0. The maximum absolute atomic E-state index is 13.6. The van der Waals surface area contributed by atoms with Crippen LogP contribution in [0.3, 0.4) is 0 Å². The number of Topliss-reactive ketones (excluding diaryl/α,β-unsaturated/α-hetero) is 3. The lowest BCUT2D eigenvalue weighted by atomic mass is 9.80. The number of ether oxygens (including phenoxy) is 3. The van der Waals surface area contributed by atoms with Gasteiger partial charge in [-0.1, -0.05) is 0 Å². The highest BCUT2D eigenvalue weighted by Gasteiger charge is 2.44. The average Bonchev–Trinajstić information content (AvgIpc) is 2.82. The fourth-order valence-electron chi connectivity index (χ4n) is 6.01. The summed E-state index contributed by atoms with van der Waals surface area (Å²) in [6.45, 7) is 16.4. The van der Waals surface area contributed by atoms with Crippen LogP contribution < -0.4 is 0 Å². The number of hydrogen-bond acceptors (Lipinski definition) is 9. The molecule has 3 saturated heterocycles. The molecule has 0 aromatic rings. The SMILES string of the molecule is CC(C)(C)OC(=O)N1CC(=O)CC(C[C@H]2CN(C(=O)OC(C)(C)C)C(C[C@@H]3CC(=O)CCN3C(=O)OC(C)(C)C)CC2=O)C1. The van der Waals surface area contributed by atoms with E-state index >= 15 is 0 Å². The quantitative estimate of drug-likeness (QED) is 0.407. The number of rotatable bonds is 4. The van der Waals surface area contributed by atoms with Gasteiger partial charge in [0, 0.05) is 63.3 Å². The van der Waals surface area contributed by atoms with E-state index in [0.29, 0.717) is 6.42 Å². The summed E-state index contributed by atoms with van der Waals surface area (Å²) in [5, 5.41) is 0. The highest BCUT2D eigenvalue weighted by Crippen LogP contribution is 2.33. The fraction of sp³-hybridized carbons (Fsp3) is 0.812. The van der Waals surface area contributed by atoms with Crippen LogP contribution in [0.15, 0.2) is 0 Å². The monoisotopic (exact) mass is 621 g/mol. The molecule has 0 aromatic heterocycles. The fourth-order valence-corrected chi connectivity index (χ4v) is 6.01. The molecule has 0 spiro atoms. The van der Waals surface area contributed by atoms with E-state index in [1.165, 1.54) is 9.80 Å². The van der Waals surface area contributed by atoms with Crippen LogP contribution in [0.5, 0.6) is 0 Å². The molecule has 4 atom stereocenters. The van der Waals surface area contributed by atoms with Crippen LogP contribution in [0.25, 0.3) is 0 Å². The van der Waals surface area contributed by atoms with Gasteiger partial charge in [-0.15, -0.1) is 0 Å². The zero-order valence-corrected chi connectivity index (χ0v) is 27.9. The van der Waals surface area contributed by atoms with Gasteiger partial charge < -0.3 is 28.9 Å². The van der Waals surface area contributed by atoms with Gasteiger partial charge in [0.05, 0.1) is 6.54 Å².